The number of para-hydroxylation sites is 1. The van der Waals surface area contributed by atoms with Crippen LogP contribution in [0.4, 0.5) is 29.3 Å². The molecular weight excluding hydrogens is 465 g/mol. The highest BCUT2D eigenvalue weighted by atomic mass is 19.3. The quantitative estimate of drug-likeness (QED) is 0.557. The Morgan fingerprint density at radius 2 is 1.80 bits per heavy atom. The summed E-state index contributed by atoms with van der Waals surface area (Å²) in [5.74, 6) is -0.146. The maximum atomic E-state index is 12.6. The summed E-state index contributed by atoms with van der Waals surface area (Å²) in [6, 6.07) is 9.53. The molecule has 0 spiro atoms. The van der Waals surface area contributed by atoms with E-state index in [9.17, 15) is 22.8 Å². The summed E-state index contributed by atoms with van der Waals surface area (Å²) < 4.78 is 46.9. The lowest BCUT2D eigenvalue weighted by atomic mass is 10.0. The molecule has 8 nitrogen and oxygen atoms in total. The van der Waals surface area contributed by atoms with Gasteiger partial charge in [0, 0.05) is 25.2 Å². The highest BCUT2D eigenvalue weighted by Gasteiger charge is 2.20. The van der Waals surface area contributed by atoms with Crippen molar-refractivity contribution in [3.63, 3.8) is 0 Å². The van der Waals surface area contributed by atoms with Crippen molar-refractivity contribution in [3.8, 4) is 11.8 Å². The van der Waals surface area contributed by atoms with E-state index in [1.54, 1.807) is 17.0 Å². The number of methoxy groups -OCH3 is 1. The van der Waals surface area contributed by atoms with Crippen molar-refractivity contribution in [2.24, 2.45) is 0 Å². The molecule has 0 aliphatic carbocycles. The van der Waals surface area contributed by atoms with Crippen LogP contribution in [0.1, 0.15) is 45.1 Å². The molecule has 1 aliphatic rings. The number of aromatic nitrogens is 1. The van der Waals surface area contributed by atoms with Crippen LogP contribution in [0.2, 0.25) is 0 Å². The van der Waals surface area contributed by atoms with Crippen LogP contribution >= 0.6 is 0 Å². The molecule has 1 aromatic carbocycles. The zero-order valence-corrected chi connectivity index (χ0v) is 20.2. The Hall–Kier alpha value is -3.50. The van der Waals surface area contributed by atoms with Crippen molar-refractivity contribution in [1.82, 2.24) is 9.88 Å². The summed E-state index contributed by atoms with van der Waals surface area (Å²) in [5, 5.41) is 5.15. The lowest BCUT2D eigenvalue weighted by Crippen LogP contribution is -2.39. The van der Waals surface area contributed by atoms with E-state index in [0.717, 1.165) is 18.5 Å². The highest BCUT2D eigenvalue weighted by Crippen LogP contribution is 2.28. The van der Waals surface area contributed by atoms with Gasteiger partial charge < -0.3 is 25.0 Å². The number of nitrogens with one attached hydrogen (secondary N) is 2. The number of urea groups is 1. The number of carbonyl (C=O) groups is 2. The van der Waals surface area contributed by atoms with Crippen LogP contribution in [0.15, 0.2) is 36.4 Å². The molecule has 1 atom stereocenters. The van der Waals surface area contributed by atoms with Crippen molar-refractivity contribution >= 4 is 23.3 Å². The first kappa shape index (κ1) is 27.7. The van der Waals surface area contributed by atoms with E-state index in [-0.39, 0.29) is 23.4 Å². The van der Waals surface area contributed by atoms with Gasteiger partial charge >= 0.3 is 12.6 Å². The summed E-state index contributed by atoms with van der Waals surface area (Å²) in [4.78, 5) is 28.3. The third-order valence-corrected chi connectivity index (χ3v) is 5.13. The fourth-order valence-electron chi connectivity index (χ4n) is 3.41. The highest BCUT2D eigenvalue weighted by molar-refractivity contribution is 6.01. The topological polar surface area (TPSA) is 92.8 Å². The van der Waals surface area contributed by atoms with Gasteiger partial charge in [0.25, 0.3) is 0 Å². The summed E-state index contributed by atoms with van der Waals surface area (Å²) in [6.07, 6.45) is 0.627. The van der Waals surface area contributed by atoms with E-state index in [0.29, 0.717) is 18.7 Å². The molecule has 11 heteroatoms. The summed E-state index contributed by atoms with van der Waals surface area (Å²) >= 11 is 0. The van der Waals surface area contributed by atoms with Gasteiger partial charge in [0.15, 0.2) is 0 Å². The van der Waals surface area contributed by atoms with E-state index < -0.39 is 24.7 Å². The predicted molar refractivity (Wildman–Crippen MR) is 127 cm³/mol. The fourth-order valence-corrected chi connectivity index (χ4v) is 3.41. The number of alkyl halides is 3. The number of carbonyl (C=O) groups excluding carboxylic acids is 2. The first-order chi connectivity index (χ1) is 16.6. The van der Waals surface area contributed by atoms with Gasteiger partial charge in [0.05, 0.1) is 13.7 Å². The van der Waals surface area contributed by atoms with Gasteiger partial charge in [0.1, 0.15) is 11.9 Å². The number of rotatable bonds is 6. The fraction of sp³-hybridized carbons (Fsp3) is 0.458. The molecule has 0 bridgehead atoms. The summed E-state index contributed by atoms with van der Waals surface area (Å²) in [5.41, 5.74) is 1.59. The van der Waals surface area contributed by atoms with Crippen molar-refractivity contribution in [3.05, 3.63) is 42.0 Å². The first-order valence-corrected chi connectivity index (χ1v) is 11.2. The molecule has 1 aromatic heterocycles. The minimum Gasteiger partial charge on any atom is -0.481 e. The zero-order valence-electron chi connectivity index (χ0n) is 20.2. The van der Waals surface area contributed by atoms with Crippen LogP contribution in [0.5, 0.6) is 11.8 Å². The summed E-state index contributed by atoms with van der Waals surface area (Å²) in [7, 11) is 1.34. The molecule has 0 radical (unpaired) electrons. The largest absolute Gasteiger partial charge is 0.481 e. The molecule has 3 amide bonds. The standard InChI is InChI=1S/C17H19F2N3O3.C7H12FNO/c1-10(2)11-6-4-5-7-12(11)20-17(23)21-13-8-9-14(24-3)22-15(13)25-16(18)19;1-6(10)9-4-2-3-7(8)5-9/h4-10,16H,1-3H3,(H2,20,21,23);7H,2-5H2,1H3. The van der Waals surface area contributed by atoms with Crippen molar-refractivity contribution < 1.29 is 32.2 Å². The molecule has 192 valence electrons. The number of halogens is 3. The Balaban J connectivity index is 0.000000360. The lowest BCUT2D eigenvalue weighted by molar-refractivity contribution is -0.130. The monoisotopic (exact) mass is 496 g/mol. The molecule has 3 rings (SSSR count). The lowest BCUT2D eigenvalue weighted by Gasteiger charge is -2.27. The number of benzene rings is 1. The molecule has 0 saturated carbocycles. The minimum atomic E-state index is -3.08. The number of piperidine rings is 1. The number of nitrogens with zero attached hydrogens (tertiary/aromatic N) is 2. The molecular formula is C24H31F3N4O4. The zero-order chi connectivity index (χ0) is 26.0. The Bertz CT molecular complexity index is 991. The van der Waals surface area contributed by atoms with Gasteiger partial charge in [0.2, 0.25) is 17.7 Å². The third-order valence-electron chi connectivity index (χ3n) is 5.13. The first-order valence-electron chi connectivity index (χ1n) is 11.2. The van der Waals surface area contributed by atoms with Crippen LogP contribution in [0, 0.1) is 0 Å². The minimum absolute atomic E-state index is 0.000582. The number of anilines is 2. The molecule has 1 unspecified atom stereocenters. The number of ether oxygens (including phenoxy) is 2. The number of hydrogen-bond donors (Lipinski definition) is 2. The molecule has 2 heterocycles. The molecule has 1 aliphatic heterocycles. The Morgan fingerprint density at radius 3 is 2.37 bits per heavy atom. The smallest absolute Gasteiger partial charge is 0.388 e. The van der Waals surface area contributed by atoms with Gasteiger partial charge in [-0.05, 0) is 36.5 Å². The van der Waals surface area contributed by atoms with Crippen LogP contribution in [-0.2, 0) is 4.79 Å². The van der Waals surface area contributed by atoms with Crippen LogP contribution < -0.4 is 20.1 Å². The maximum absolute atomic E-state index is 12.6. The molecule has 1 saturated heterocycles. The van der Waals surface area contributed by atoms with Crippen LogP contribution in [0.25, 0.3) is 0 Å². The third kappa shape index (κ3) is 8.99. The Kier molecular flexibility index (Phi) is 10.6. The van der Waals surface area contributed by atoms with Crippen molar-refractivity contribution in [1.29, 1.82) is 0 Å². The molecule has 2 N–H and O–H groups in total. The van der Waals surface area contributed by atoms with E-state index in [1.165, 1.54) is 26.2 Å². The van der Waals surface area contributed by atoms with Crippen LogP contribution in [-0.4, -0.2) is 54.8 Å². The van der Waals surface area contributed by atoms with E-state index >= 15 is 0 Å². The van der Waals surface area contributed by atoms with Gasteiger partial charge in [-0.1, -0.05) is 32.0 Å². The number of hydrogen-bond acceptors (Lipinski definition) is 5. The number of amides is 3. The Morgan fingerprint density at radius 1 is 1.11 bits per heavy atom. The maximum Gasteiger partial charge on any atom is 0.388 e. The average Bonchev–Trinajstić information content (AvgIpc) is 2.80. The van der Waals surface area contributed by atoms with E-state index in [1.807, 2.05) is 26.0 Å². The van der Waals surface area contributed by atoms with Crippen molar-refractivity contribution in [2.75, 3.05) is 30.8 Å². The molecule has 2 aromatic rings. The molecule has 35 heavy (non-hydrogen) atoms. The predicted octanol–water partition coefficient (Wildman–Crippen LogP) is 5.43. The van der Waals surface area contributed by atoms with E-state index in [2.05, 4.69) is 20.4 Å². The normalized spacial score (nSPS) is 15.2. The second-order valence-electron chi connectivity index (χ2n) is 8.11. The summed E-state index contributed by atoms with van der Waals surface area (Å²) in [6.45, 7) is 3.44. The second-order valence-corrected chi connectivity index (χ2v) is 8.11. The second kappa shape index (κ2) is 13.4. The van der Waals surface area contributed by atoms with Crippen LogP contribution in [0.3, 0.4) is 0 Å². The number of pyridine rings is 1. The molecule has 1 fully saturated rings. The Labute approximate surface area is 202 Å². The van der Waals surface area contributed by atoms with Gasteiger partial charge in [-0.25, -0.2) is 9.18 Å². The van der Waals surface area contributed by atoms with Gasteiger partial charge in [-0.15, -0.1) is 0 Å². The van der Waals surface area contributed by atoms with E-state index in [4.69, 9.17) is 4.74 Å². The SMILES string of the molecule is CC(=O)N1CCCC(F)C1.COc1ccc(NC(=O)Nc2ccccc2C(C)C)c(OC(F)F)n1. The van der Waals surface area contributed by atoms with Crippen molar-refractivity contribution in [2.45, 2.75) is 52.3 Å². The average molecular weight is 497 g/mol. The van der Waals surface area contributed by atoms with Gasteiger partial charge in [-0.3, -0.25) is 4.79 Å². The number of likely N-dealkylation sites (tertiary alicyclic amines) is 1. The van der Waals surface area contributed by atoms with Gasteiger partial charge in [-0.2, -0.15) is 13.8 Å².